The highest BCUT2D eigenvalue weighted by atomic mass is 32.1. The Morgan fingerprint density at radius 1 is 1.28 bits per heavy atom. The smallest absolute Gasteiger partial charge is 0.107 e. The summed E-state index contributed by atoms with van der Waals surface area (Å²) in [6.45, 7) is 12.8. The van der Waals surface area contributed by atoms with Crippen molar-refractivity contribution in [3.63, 3.8) is 0 Å². The minimum Gasteiger partial charge on any atom is -0.296 e. The summed E-state index contributed by atoms with van der Waals surface area (Å²) in [5.74, 6) is 0. The van der Waals surface area contributed by atoms with E-state index in [2.05, 4.69) is 40.9 Å². The van der Waals surface area contributed by atoms with Gasteiger partial charge in [0.1, 0.15) is 5.01 Å². The molecule has 0 unspecified atom stereocenters. The molecule has 0 N–H and O–H groups in total. The van der Waals surface area contributed by atoms with E-state index in [9.17, 15) is 0 Å². The number of hydrogen-bond donors (Lipinski definition) is 0. The number of aromatic nitrogens is 1. The molecular formula is C14H25N3S. The summed E-state index contributed by atoms with van der Waals surface area (Å²) in [6.07, 6.45) is 4.46. The zero-order valence-electron chi connectivity index (χ0n) is 11.9. The summed E-state index contributed by atoms with van der Waals surface area (Å²) < 4.78 is 0. The molecule has 18 heavy (non-hydrogen) atoms. The van der Waals surface area contributed by atoms with E-state index < -0.39 is 0 Å². The average molecular weight is 267 g/mol. The lowest BCUT2D eigenvalue weighted by atomic mass is 9.95. The van der Waals surface area contributed by atoms with Gasteiger partial charge in [0.25, 0.3) is 0 Å². The summed E-state index contributed by atoms with van der Waals surface area (Å²) in [7, 11) is 0. The molecule has 0 amide bonds. The van der Waals surface area contributed by atoms with Crippen molar-refractivity contribution in [3.8, 4) is 0 Å². The summed E-state index contributed by atoms with van der Waals surface area (Å²) in [5, 5.41) is 3.31. The molecule has 1 saturated heterocycles. The number of thiazole rings is 1. The van der Waals surface area contributed by atoms with Gasteiger partial charge in [-0.3, -0.25) is 9.80 Å². The molecular weight excluding hydrogens is 242 g/mol. The minimum absolute atomic E-state index is 0.363. The van der Waals surface area contributed by atoms with Gasteiger partial charge in [0.2, 0.25) is 0 Å². The molecule has 0 bridgehead atoms. The third kappa shape index (κ3) is 3.53. The molecule has 0 aliphatic carbocycles. The van der Waals surface area contributed by atoms with Crippen LogP contribution < -0.4 is 0 Å². The number of piperazine rings is 1. The Hall–Kier alpha value is -0.450. The van der Waals surface area contributed by atoms with E-state index in [0.29, 0.717) is 5.54 Å². The Labute approximate surface area is 115 Å². The van der Waals surface area contributed by atoms with Crippen molar-refractivity contribution >= 4 is 11.3 Å². The number of nitrogens with zero attached hydrogens (tertiary/aromatic N) is 3. The first kappa shape index (κ1) is 14.0. The molecule has 0 radical (unpaired) electrons. The van der Waals surface area contributed by atoms with Crippen LogP contribution in [0, 0.1) is 0 Å². The molecule has 0 saturated carbocycles. The van der Waals surface area contributed by atoms with Crippen LogP contribution in [0.2, 0.25) is 0 Å². The molecule has 1 aromatic rings. The molecule has 1 aliphatic rings. The van der Waals surface area contributed by atoms with Gasteiger partial charge in [-0.2, -0.15) is 0 Å². The Morgan fingerprint density at radius 2 is 2.00 bits per heavy atom. The van der Waals surface area contributed by atoms with Crippen LogP contribution >= 0.6 is 11.3 Å². The molecule has 1 aromatic heterocycles. The molecule has 1 fully saturated rings. The Bertz CT molecular complexity index is 340. The van der Waals surface area contributed by atoms with E-state index in [-0.39, 0.29) is 0 Å². The van der Waals surface area contributed by atoms with Gasteiger partial charge in [0.05, 0.1) is 6.54 Å². The fourth-order valence-electron chi connectivity index (χ4n) is 2.80. The highest BCUT2D eigenvalue weighted by Crippen LogP contribution is 2.22. The largest absolute Gasteiger partial charge is 0.296 e. The van der Waals surface area contributed by atoms with Crippen LogP contribution in [0.25, 0.3) is 0 Å². The van der Waals surface area contributed by atoms with Crippen LogP contribution in [0.3, 0.4) is 0 Å². The fourth-order valence-corrected chi connectivity index (χ4v) is 3.46. The summed E-state index contributed by atoms with van der Waals surface area (Å²) in [5.41, 5.74) is 0.363. The van der Waals surface area contributed by atoms with Crippen molar-refractivity contribution in [1.29, 1.82) is 0 Å². The molecule has 0 aromatic carbocycles. The zero-order chi connectivity index (χ0) is 13.0. The monoisotopic (exact) mass is 267 g/mol. The van der Waals surface area contributed by atoms with Gasteiger partial charge in [-0.1, -0.05) is 13.3 Å². The summed E-state index contributed by atoms with van der Waals surface area (Å²) >= 11 is 1.76. The van der Waals surface area contributed by atoms with E-state index in [1.54, 1.807) is 11.3 Å². The van der Waals surface area contributed by atoms with Crippen molar-refractivity contribution < 1.29 is 0 Å². The second kappa shape index (κ2) is 6.13. The van der Waals surface area contributed by atoms with Crippen LogP contribution in [-0.4, -0.2) is 46.5 Å². The second-order valence-corrected chi connectivity index (χ2v) is 6.73. The SMILES string of the molecule is CCCC(C)(C)N1CCN(Cc2nccs2)CC1. The lowest BCUT2D eigenvalue weighted by Crippen LogP contribution is -2.54. The fraction of sp³-hybridized carbons (Fsp3) is 0.786. The van der Waals surface area contributed by atoms with Crippen LogP contribution in [0.4, 0.5) is 0 Å². The van der Waals surface area contributed by atoms with E-state index in [0.717, 1.165) is 6.54 Å². The van der Waals surface area contributed by atoms with Crippen LogP contribution in [0.1, 0.15) is 38.6 Å². The van der Waals surface area contributed by atoms with Gasteiger partial charge < -0.3 is 0 Å². The van der Waals surface area contributed by atoms with Crippen LogP contribution in [0.5, 0.6) is 0 Å². The lowest BCUT2D eigenvalue weighted by molar-refractivity contribution is 0.0440. The standard InChI is InChI=1S/C14H25N3S/c1-4-5-14(2,3)17-9-7-16(8-10-17)12-13-15-6-11-18-13/h6,11H,4-5,7-10,12H2,1-3H3. The maximum atomic E-state index is 4.37. The van der Waals surface area contributed by atoms with E-state index >= 15 is 0 Å². The first-order chi connectivity index (χ1) is 8.62. The first-order valence-corrected chi connectivity index (χ1v) is 7.85. The molecule has 1 aliphatic heterocycles. The highest BCUT2D eigenvalue weighted by molar-refractivity contribution is 7.09. The molecule has 2 heterocycles. The third-order valence-corrected chi connectivity index (χ3v) is 4.70. The van der Waals surface area contributed by atoms with Crippen molar-refractivity contribution in [1.82, 2.24) is 14.8 Å². The molecule has 2 rings (SSSR count). The highest BCUT2D eigenvalue weighted by Gasteiger charge is 2.28. The average Bonchev–Trinajstić information content (AvgIpc) is 2.82. The van der Waals surface area contributed by atoms with Gasteiger partial charge in [-0.25, -0.2) is 4.98 Å². The number of hydrogen-bond acceptors (Lipinski definition) is 4. The first-order valence-electron chi connectivity index (χ1n) is 6.97. The normalized spacial score (nSPS) is 19.3. The Balaban J connectivity index is 1.81. The van der Waals surface area contributed by atoms with Crippen LogP contribution in [-0.2, 0) is 6.54 Å². The van der Waals surface area contributed by atoms with Gasteiger partial charge in [0.15, 0.2) is 0 Å². The Kier molecular flexibility index (Phi) is 4.76. The topological polar surface area (TPSA) is 19.4 Å². The van der Waals surface area contributed by atoms with E-state index in [4.69, 9.17) is 0 Å². The predicted molar refractivity (Wildman–Crippen MR) is 78.0 cm³/mol. The van der Waals surface area contributed by atoms with Gasteiger partial charge in [-0.15, -0.1) is 11.3 Å². The molecule has 4 heteroatoms. The van der Waals surface area contributed by atoms with Gasteiger partial charge >= 0.3 is 0 Å². The van der Waals surface area contributed by atoms with Crippen LogP contribution in [0.15, 0.2) is 11.6 Å². The Morgan fingerprint density at radius 3 is 2.56 bits per heavy atom. The molecule has 3 nitrogen and oxygen atoms in total. The van der Waals surface area contributed by atoms with Crippen molar-refractivity contribution in [3.05, 3.63) is 16.6 Å². The predicted octanol–water partition coefficient (Wildman–Crippen LogP) is 2.84. The van der Waals surface area contributed by atoms with Crippen molar-refractivity contribution in [2.24, 2.45) is 0 Å². The maximum absolute atomic E-state index is 4.37. The quantitative estimate of drug-likeness (QED) is 0.818. The number of rotatable bonds is 5. The van der Waals surface area contributed by atoms with Gasteiger partial charge in [0, 0.05) is 43.3 Å². The zero-order valence-corrected chi connectivity index (χ0v) is 12.7. The minimum atomic E-state index is 0.363. The molecule has 102 valence electrons. The van der Waals surface area contributed by atoms with E-state index in [1.165, 1.54) is 44.0 Å². The van der Waals surface area contributed by atoms with Crippen molar-refractivity contribution in [2.45, 2.75) is 45.7 Å². The van der Waals surface area contributed by atoms with E-state index in [1.807, 2.05) is 6.20 Å². The summed E-state index contributed by atoms with van der Waals surface area (Å²) in [6, 6.07) is 0. The summed E-state index contributed by atoms with van der Waals surface area (Å²) in [4.78, 5) is 9.54. The lowest BCUT2D eigenvalue weighted by Gasteiger charge is -2.44. The van der Waals surface area contributed by atoms with Crippen molar-refractivity contribution in [2.75, 3.05) is 26.2 Å². The molecule has 0 atom stereocenters. The van der Waals surface area contributed by atoms with Gasteiger partial charge in [-0.05, 0) is 20.3 Å². The molecule has 0 spiro atoms. The second-order valence-electron chi connectivity index (χ2n) is 5.75. The maximum Gasteiger partial charge on any atom is 0.107 e. The third-order valence-electron chi connectivity index (χ3n) is 3.93.